The van der Waals surface area contributed by atoms with Crippen LogP contribution in [0.2, 0.25) is 0 Å². The molecule has 2 aliphatic rings. The molecule has 2 heterocycles. The highest BCUT2D eigenvalue weighted by Crippen LogP contribution is 2.38. The van der Waals surface area contributed by atoms with Crippen molar-refractivity contribution < 1.29 is 9.53 Å². The molecule has 1 saturated heterocycles. The minimum atomic E-state index is -0.0849. The van der Waals surface area contributed by atoms with Crippen LogP contribution in [-0.2, 0) is 4.74 Å². The van der Waals surface area contributed by atoms with Crippen molar-refractivity contribution in [3.05, 3.63) is 23.4 Å². The topological polar surface area (TPSA) is 77.2 Å². The number of aromatic nitrogens is 1. The number of carbonyl (C=O) groups excluding carboxylic acids is 1. The van der Waals surface area contributed by atoms with Crippen LogP contribution in [0.4, 0.5) is 5.82 Å². The molecule has 1 aliphatic heterocycles. The van der Waals surface area contributed by atoms with E-state index in [-0.39, 0.29) is 18.1 Å². The number of hydrogen-bond acceptors (Lipinski definition) is 4. The fourth-order valence-corrected chi connectivity index (χ4v) is 2.73. The lowest BCUT2D eigenvalue weighted by atomic mass is 10.1. The summed E-state index contributed by atoms with van der Waals surface area (Å²) in [5, 5.41) is 3.07. The van der Waals surface area contributed by atoms with Gasteiger partial charge in [0.2, 0.25) is 0 Å². The minimum Gasteiger partial charge on any atom is -0.384 e. The maximum Gasteiger partial charge on any atom is 0.251 e. The van der Waals surface area contributed by atoms with Crippen molar-refractivity contribution >= 4 is 11.7 Å². The highest BCUT2D eigenvalue weighted by atomic mass is 16.5. The van der Waals surface area contributed by atoms with Crippen LogP contribution in [0.3, 0.4) is 0 Å². The van der Waals surface area contributed by atoms with Crippen LogP contribution in [0.15, 0.2) is 12.1 Å². The van der Waals surface area contributed by atoms with Gasteiger partial charge in [0.1, 0.15) is 5.82 Å². The molecular weight excluding hydrogens is 242 g/mol. The summed E-state index contributed by atoms with van der Waals surface area (Å²) in [6.45, 7) is 2.57. The van der Waals surface area contributed by atoms with Gasteiger partial charge >= 0.3 is 0 Å². The number of aryl methyl sites for hydroxylation is 1. The number of nitrogens with zero attached hydrogens (tertiary/aromatic N) is 1. The molecule has 0 aromatic carbocycles. The summed E-state index contributed by atoms with van der Waals surface area (Å²) in [6, 6.07) is 3.51. The van der Waals surface area contributed by atoms with Gasteiger partial charge in [-0.25, -0.2) is 4.98 Å². The Morgan fingerprint density at radius 2 is 2.21 bits per heavy atom. The van der Waals surface area contributed by atoms with Crippen molar-refractivity contribution in [3.8, 4) is 0 Å². The van der Waals surface area contributed by atoms with Gasteiger partial charge in [0.05, 0.1) is 12.1 Å². The fraction of sp³-hybridized carbons (Fsp3) is 0.571. The van der Waals surface area contributed by atoms with Crippen LogP contribution >= 0.6 is 0 Å². The first kappa shape index (κ1) is 12.4. The molecular formula is C14H19N3O2. The number of nitrogen functional groups attached to an aromatic ring is 1. The summed E-state index contributed by atoms with van der Waals surface area (Å²) in [5.41, 5.74) is 7.01. The van der Waals surface area contributed by atoms with Crippen LogP contribution in [-0.4, -0.2) is 29.6 Å². The maximum atomic E-state index is 12.2. The molecule has 3 rings (SSSR count). The van der Waals surface area contributed by atoms with E-state index in [1.165, 1.54) is 12.8 Å². The molecule has 1 aromatic heterocycles. The van der Waals surface area contributed by atoms with E-state index >= 15 is 0 Å². The predicted octanol–water partition coefficient (Wildman–Crippen LogP) is 1.27. The lowest BCUT2D eigenvalue weighted by molar-refractivity contribution is 0.0729. The molecule has 5 nitrogen and oxygen atoms in total. The van der Waals surface area contributed by atoms with E-state index in [1.807, 2.05) is 6.92 Å². The Balaban J connectivity index is 1.70. The van der Waals surface area contributed by atoms with Crippen molar-refractivity contribution in [3.63, 3.8) is 0 Å². The number of nitrogens with one attached hydrogen (secondary N) is 1. The van der Waals surface area contributed by atoms with E-state index in [9.17, 15) is 4.79 Å². The van der Waals surface area contributed by atoms with Crippen molar-refractivity contribution in [1.29, 1.82) is 0 Å². The molecule has 1 amide bonds. The largest absolute Gasteiger partial charge is 0.384 e. The molecule has 0 bridgehead atoms. The third-order valence-electron chi connectivity index (χ3n) is 3.77. The smallest absolute Gasteiger partial charge is 0.251 e. The first-order valence-electron chi connectivity index (χ1n) is 6.80. The van der Waals surface area contributed by atoms with E-state index in [0.29, 0.717) is 17.3 Å². The molecule has 2 unspecified atom stereocenters. The number of nitrogens with two attached hydrogens (primary N) is 1. The first-order valence-corrected chi connectivity index (χ1v) is 6.80. The Hall–Kier alpha value is -1.62. The second-order valence-electron chi connectivity index (χ2n) is 5.46. The maximum absolute atomic E-state index is 12.2. The molecule has 0 radical (unpaired) electrons. The zero-order valence-corrected chi connectivity index (χ0v) is 11.1. The van der Waals surface area contributed by atoms with Gasteiger partial charge in [-0.2, -0.15) is 0 Å². The van der Waals surface area contributed by atoms with Crippen LogP contribution in [0.5, 0.6) is 0 Å². The third kappa shape index (κ3) is 2.71. The Labute approximate surface area is 112 Å². The van der Waals surface area contributed by atoms with E-state index in [1.54, 1.807) is 12.1 Å². The summed E-state index contributed by atoms with van der Waals surface area (Å²) in [7, 11) is 0. The zero-order chi connectivity index (χ0) is 13.4. The first-order chi connectivity index (χ1) is 9.13. The van der Waals surface area contributed by atoms with Crippen LogP contribution in [0, 0.1) is 12.8 Å². The molecule has 19 heavy (non-hydrogen) atoms. The van der Waals surface area contributed by atoms with E-state index < -0.39 is 0 Å². The lowest BCUT2D eigenvalue weighted by Crippen LogP contribution is -2.41. The summed E-state index contributed by atoms with van der Waals surface area (Å²) in [6.07, 6.45) is 3.53. The van der Waals surface area contributed by atoms with Crippen molar-refractivity contribution in [2.75, 3.05) is 12.3 Å². The van der Waals surface area contributed by atoms with Gasteiger partial charge in [-0.15, -0.1) is 0 Å². The van der Waals surface area contributed by atoms with E-state index in [2.05, 4.69) is 10.3 Å². The van der Waals surface area contributed by atoms with Crippen LogP contribution in [0.25, 0.3) is 0 Å². The van der Waals surface area contributed by atoms with Gasteiger partial charge < -0.3 is 15.8 Å². The SMILES string of the molecule is Cc1cc(C(=O)NC2CCOC2C2CC2)cc(N)n1. The quantitative estimate of drug-likeness (QED) is 0.859. The number of pyridine rings is 1. The third-order valence-corrected chi connectivity index (χ3v) is 3.77. The molecule has 5 heteroatoms. The van der Waals surface area contributed by atoms with Gasteiger partial charge in [0, 0.05) is 17.9 Å². The van der Waals surface area contributed by atoms with Gasteiger partial charge in [0.15, 0.2) is 0 Å². The number of carbonyl (C=O) groups is 1. The zero-order valence-electron chi connectivity index (χ0n) is 11.1. The molecule has 3 N–H and O–H groups in total. The van der Waals surface area contributed by atoms with Gasteiger partial charge in [0.25, 0.3) is 5.91 Å². The minimum absolute atomic E-state index is 0.0849. The highest BCUT2D eigenvalue weighted by Gasteiger charge is 2.41. The number of rotatable bonds is 3. The van der Waals surface area contributed by atoms with Crippen molar-refractivity contribution in [2.45, 2.75) is 38.3 Å². The average molecular weight is 261 g/mol. The summed E-state index contributed by atoms with van der Waals surface area (Å²) >= 11 is 0. The Bertz CT molecular complexity index is 479. The summed E-state index contributed by atoms with van der Waals surface area (Å²) in [5.74, 6) is 0.932. The van der Waals surface area contributed by atoms with Gasteiger partial charge in [-0.1, -0.05) is 0 Å². The number of hydrogen-bond donors (Lipinski definition) is 2. The molecule has 2 atom stereocenters. The van der Waals surface area contributed by atoms with Crippen molar-refractivity contribution in [2.24, 2.45) is 5.92 Å². The number of amides is 1. The predicted molar refractivity (Wildman–Crippen MR) is 71.7 cm³/mol. The van der Waals surface area contributed by atoms with Gasteiger partial charge in [-0.3, -0.25) is 4.79 Å². The fourth-order valence-electron chi connectivity index (χ4n) is 2.73. The molecule has 1 aliphatic carbocycles. The number of ether oxygens (including phenoxy) is 1. The molecule has 1 aromatic rings. The summed E-state index contributed by atoms with van der Waals surface area (Å²) < 4.78 is 5.72. The summed E-state index contributed by atoms with van der Waals surface area (Å²) in [4.78, 5) is 16.3. The second kappa shape index (κ2) is 4.81. The Morgan fingerprint density at radius 3 is 2.89 bits per heavy atom. The van der Waals surface area contributed by atoms with Crippen LogP contribution < -0.4 is 11.1 Å². The van der Waals surface area contributed by atoms with Crippen molar-refractivity contribution in [1.82, 2.24) is 10.3 Å². The van der Waals surface area contributed by atoms with Gasteiger partial charge in [-0.05, 0) is 44.2 Å². The molecule has 1 saturated carbocycles. The Morgan fingerprint density at radius 1 is 1.42 bits per heavy atom. The molecule has 102 valence electrons. The average Bonchev–Trinajstić information content (AvgIpc) is 3.09. The molecule has 2 fully saturated rings. The Kier molecular flexibility index (Phi) is 3.14. The second-order valence-corrected chi connectivity index (χ2v) is 5.46. The normalized spacial score (nSPS) is 26.4. The lowest BCUT2D eigenvalue weighted by Gasteiger charge is -2.19. The van der Waals surface area contributed by atoms with E-state index in [0.717, 1.165) is 18.7 Å². The number of anilines is 1. The highest BCUT2D eigenvalue weighted by molar-refractivity contribution is 5.95. The van der Waals surface area contributed by atoms with E-state index in [4.69, 9.17) is 10.5 Å². The molecule has 0 spiro atoms. The standard InChI is InChI=1S/C14H19N3O2/c1-8-6-10(7-12(15)16-8)14(18)17-11-4-5-19-13(11)9-2-3-9/h6-7,9,11,13H,2-5H2,1H3,(H2,15,16)(H,17,18). The monoisotopic (exact) mass is 261 g/mol. The van der Waals surface area contributed by atoms with Crippen LogP contribution in [0.1, 0.15) is 35.3 Å².